The lowest BCUT2D eigenvalue weighted by molar-refractivity contribution is 0.0998. The molecule has 0 aliphatic heterocycles. The molecule has 0 spiro atoms. The first-order valence-corrected chi connectivity index (χ1v) is 6.90. The van der Waals surface area contributed by atoms with Gasteiger partial charge in [0.15, 0.2) is 0 Å². The Morgan fingerprint density at radius 1 is 0.952 bits per heavy atom. The molecule has 0 radical (unpaired) electrons. The van der Waals surface area contributed by atoms with Crippen LogP contribution in [0.15, 0.2) is 48.5 Å². The van der Waals surface area contributed by atoms with Crippen LogP contribution in [0, 0.1) is 0 Å². The van der Waals surface area contributed by atoms with Gasteiger partial charge in [-0.2, -0.15) is 0 Å². The molecule has 0 bridgehead atoms. The maximum atomic E-state index is 12.1. The first kappa shape index (κ1) is 14.8. The van der Waals surface area contributed by atoms with Crippen LogP contribution in [-0.4, -0.2) is 11.8 Å². The maximum absolute atomic E-state index is 12.1. The van der Waals surface area contributed by atoms with Crippen molar-refractivity contribution in [3.05, 3.63) is 65.2 Å². The Kier molecular flexibility index (Phi) is 4.72. The number of anilines is 1. The predicted octanol–water partition coefficient (Wildman–Crippen LogP) is 2.99. The second-order valence-corrected chi connectivity index (χ2v) is 4.84. The lowest BCUT2D eigenvalue weighted by Crippen LogP contribution is -2.13. The minimum atomic E-state index is -0.487. The highest BCUT2D eigenvalue weighted by Crippen LogP contribution is 2.12. The zero-order valence-corrected chi connectivity index (χ0v) is 11.9. The third-order valence-corrected chi connectivity index (χ3v) is 3.18. The SMILES string of the molecule is CCCc1ccc(C(=O)Nc2ccc(C(N)=O)cc2)cc1. The number of carbonyl (C=O) groups is 2. The smallest absolute Gasteiger partial charge is 0.255 e. The van der Waals surface area contributed by atoms with Gasteiger partial charge in [-0.05, 0) is 48.4 Å². The van der Waals surface area contributed by atoms with Gasteiger partial charge in [0, 0.05) is 16.8 Å². The van der Waals surface area contributed by atoms with E-state index < -0.39 is 5.91 Å². The highest BCUT2D eigenvalue weighted by Gasteiger charge is 2.06. The summed E-state index contributed by atoms with van der Waals surface area (Å²) in [7, 11) is 0. The number of benzene rings is 2. The summed E-state index contributed by atoms with van der Waals surface area (Å²) in [6, 6.07) is 14.1. The van der Waals surface area contributed by atoms with Crippen molar-refractivity contribution in [1.29, 1.82) is 0 Å². The highest BCUT2D eigenvalue weighted by atomic mass is 16.2. The summed E-state index contributed by atoms with van der Waals surface area (Å²) >= 11 is 0. The van der Waals surface area contributed by atoms with Crippen molar-refractivity contribution in [1.82, 2.24) is 0 Å². The Morgan fingerprint density at radius 3 is 2.05 bits per heavy atom. The van der Waals surface area contributed by atoms with Gasteiger partial charge in [0.25, 0.3) is 5.91 Å². The Balaban J connectivity index is 2.05. The van der Waals surface area contributed by atoms with Crippen LogP contribution < -0.4 is 11.1 Å². The molecule has 2 aromatic rings. The zero-order valence-electron chi connectivity index (χ0n) is 11.9. The normalized spacial score (nSPS) is 10.1. The molecule has 3 N–H and O–H groups in total. The van der Waals surface area contributed by atoms with E-state index in [2.05, 4.69) is 12.2 Å². The predicted molar refractivity (Wildman–Crippen MR) is 83.4 cm³/mol. The van der Waals surface area contributed by atoms with Gasteiger partial charge in [-0.15, -0.1) is 0 Å². The maximum Gasteiger partial charge on any atom is 0.255 e. The molecule has 0 aliphatic carbocycles. The van der Waals surface area contributed by atoms with E-state index in [1.165, 1.54) is 5.56 Å². The van der Waals surface area contributed by atoms with Crippen molar-refractivity contribution >= 4 is 17.5 Å². The molecule has 2 amide bonds. The van der Waals surface area contributed by atoms with Crippen molar-refractivity contribution in [3.63, 3.8) is 0 Å². The van der Waals surface area contributed by atoms with E-state index in [-0.39, 0.29) is 5.91 Å². The van der Waals surface area contributed by atoms with Crippen molar-refractivity contribution < 1.29 is 9.59 Å². The number of rotatable bonds is 5. The van der Waals surface area contributed by atoms with Gasteiger partial charge < -0.3 is 11.1 Å². The van der Waals surface area contributed by atoms with Gasteiger partial charge in [-0.25, -0.2) is 0 Å². The Morgan fingerprint density at radius 2 is 1.52 bits per heavy atom. The third-order valence-electron chi connectivity index (χ3n) is 3.18. The molecule has 0 unspecified atom stereocenters. The summed E-state index contributed by atoms with van der Waals surface area (Å²) in [5.74, 6) is -0.663. The quantitative estimate of drug-likeness (QED) is 0.884. The summed E-state index contributed by atoms with van der Waals surface area (Å²) in [4.78, 5) is 23.1. The molecule has 0 aromatic heterocycles. The van der Waals surface area contributed by atoms with E-state index in [0.717, 1.165) is 12.8 Å². The number of primary amides is 1. The molecule has 0 aliphatic rings. The number of hydrogen-bond donors (Lipinski definition) is 2. The molecule has 0 atom stereocenters. The lowest BCUT2D eigenvalue weighted by Gasteiger charge is -2.06. The summed E-state index contributed by atoms with van der Waals surface area (Å²) in [6.07, 6.45) is 2.09. The summed E-state index contributed by atoms with van der Waals surface area (Å²) in [6.45, 7) is 2.12. The minimum absolute atomic E-state index is 0.176. The van der Waals surface area contributed by atoms with E-state index in [1.807, 2.05) is 24.3 Å². The van der Waals surface area contributed by atoms with Gasteiger partial charge in [-0.3, -0.25) is 9.59 Å². The molecule has 0 fully saturated rings. The number of nitrogens with one attached hydrogen (secondary N) is 1. The van der Waals surface area contributed by atoms with E-state index in [1.54, 1.807) is 24.3 Å². The molecule has 21 heavy (non-hydrogen) atoms. The van der Waals surface area contributed by atoms with E-state index >= 15 is 0 Å². The second kappa shape index (κ2) is 6.70. The molecule has 4 nitrogen and oxygen atoms in total. The molecular weight excluding hydrogens is 264 g/mol. The third kappa shape index (κ3) is 3.92. The van der Waals surface area contributed by atoms with Crippen LogP contribution in [0.2, 0.25) is 0 Å². The molecule has 108 valence electrons. The first-order valence-electron chi connectivity index (χ1n) is 6.90. The monoisotopic (exact) mass is 282 g/mol. The van der Waals surface area contributed by atoms with Crippen molar-refractivity contribution in [2.45, 2.75) is 19.8 Å². The van der Waals surface area contributed by atoms with Crippen LogP contribution in [-0.2, 0) is 6.42 Å². The minimum Gasteiger partial charge on any atom is -0.366 e. The van der Waals surface area contributed by atoms with Crippen LogP contribution in [0.1, 0.15) is 39.6 Å². The number of aryl methyl sites for hydroxylation is 1. The average molecular weight is 282 g/mol. The summed E-state index contributed by atoms with van der Waals surface area (Å²) < 4.78 is 0. The topological polar surface area (TPSA) is 72.2 Å². The molecule has 0 saturated heterocycles. The summed E-state index contributed by atoms with van der Waals surface area (Å²) in [5.41, 5.74) is 8.04. The van der Waals surface area contributed by atoms with E-state index in [0.29, 0.717) is 16.8 Å². The van der Waals surface area contributed by atoms with Gasteiger partial charge in [0.05, 0.1) is 0 Å². The number of amides is 2. The summed E-state index contributed by atoms with van der Waals surface area (Å²) in [5, 5.41) is 2.78. The van der Waals surface area contributed by atoms with Crippen LogP contribution in [0.25, 0.3) is 0 Å². The largest absolute Gasteiger partial charge is 0.366 e. The van der Waals surface area contributed by atoms with Crippen molar-refractivity contribution in [2.75, 3.05) is 5.32 Å². The average Bonchev–Trinajstić information content (AvgIpc) is 2.49. The zero-order chi connectivity index (χ0) is 15.2. The Labute approximate surface area is 124 Å². The van der Waals surface area contributed by atoms with Crippen molar-refractivity contribution in [3.8, 4) is 0 Å². The highest BCUT2D eigenvalue weighted by molar-refractivity contribution is 6.04. The lowest BCUT2D eigenvalue weighted by atomic mass is 10.1. The van der Waals surface area contributed by atoms with Gasteiger partial charge >= 0.3 is 0 Å². The van der Waals surface area contributed by atoms with Crippen molar-refractivity contribution in [2.24, 2.45) is 5.73 Å². The van der Waals surface area contributed by atoms with Crippen LogP contribution in [0.4, 0.5) is 5.69 Å². The Bertz CT molecular complexity index is 631. The number of nitrogens with two attached hydrogens (primary N) is 1. The van der Waals surface area contributed by atoms with E-state index in [4.69, 9.17) is 5.73 Å². The van der Waals surface area contributed by atoms with Crippen LogP contribution in [0.5, 0.6) is 0 Å². The standard InChI is InChI=1S/C17H18N2O2/c1-2-3-12-4-6-14(7-5-12)17(21)19-15-10-8-13(9-11-15)16(18)20/h4-11H,2-3H2,1H3,(H2,18,20)(H,19,21). The van der Waals surface area contributed by atoms with Crippen LogP contribution in [0.3, 0.4) is 0 Å². The fraction of sp³-hybridized carbons (Fsp3) is 0.176. The molecule has 2 aromatic carbocycles. The van der Waals surface area contributed by atoms with Gasteiger partial charge in [-0.1, -0.05) is 25.5 Å². The molecule has 2 rings (SSSR count). The van der Waals surface area contributed by atoms with Crippen LogP contribution >= 0.6 is 0 Å². The number of carbonyl (C=O) groups excluding carboxylic acids is 2. The fourth-order valence-corrected chi connectivity index (χ4v) is 2.03. The molecule has 0 heterocycles. The molecule has 4 heteroatoms. The van der Waals surface area contributed by atoms with E-state index in [9.17, 15) is 9.59 Å². The molecular formula is C17H18N2O2. The fourth-order valence-electron chi connectivity index (χ4n) is 2.03. The van der Waals surface area contributed by atoms with Gasteiger partial charge in [0.2, 0.25) is 5.91 Å². The van der Waals surface area contributed by atoms with Gasteiger partial charge in [0.1, 0.15) is 0 Å². The number of hydrogen-bond acceptors (Lipinski definition) is 2. The second-order valence-electron chi connectivity index (χ2n) is 4.84. The Hall–Kier alpha value is -2.62. The molecule has 0 saturated carbocycles. The first-order chi connectivity index (χ1) is 10.1.